The van der Waals surface area contributed by atoms with Crippen LogP contribution in [0, 0.1) is 5.92 Å². The van der Waals surface area contributed by atoms with Crippen molar-refractivity contribution in [3.8, 4) is 5.75 Å². The molecule has 20 heavy (non-hydrogen) atoms. The third-order valence-electron chi connectivity index (χ3n) is 3.77. The predicted octanol–water partition coefficient (Wildman–Crippen LogP) is 2.94. The zero-order valence-electron chi connectivity index (χ0n) is 11.7. The fourth-order valence-electron chi connectivity index (χ4n) is 2.58. The average Bonchev–Trinajstić information content (AvgIpc) is 2.46. The monoisotopic (exact) mass is 284 g/mol. The summed E-state index contributed by atoms with van der Waals surface area (Å²) < 4.78 is 29.4. The molecule has 0 aromatic heterocycles. The Morgan fingerprint density at radius 3 is 2.70 bits per heavy atom. The van der Waals surface area contributed by atoms with Crippen LogP contribution in [0.1, 0.15) is 31.4 Å². The first-order valence-corrected chi connectivity index (χ1v) is 7.14. The number of alkyl halides is 2. The molecule has 0 amide bonds. The van der Waals surface area contributed by atoms with E-state index >= 15 is 0 Å². The van der Waals surface area contributed by atoms with Crippen LogP contribution in [0.25, 0.3) is 0 Å². The van der Waals surface area contributed by atoms with E-state index in [-0.39, 0.29) is 11.8 Å². The second-order valence-corrected chi connectivity index (χ2v) is 5.24. The number of piperidine rings is 1. The molecular weight excluding hydrogens is 262 g/mol. The fourth-order valence-corrected chi connectivity index (χ4v) is 2.58. The highest BCUT2D eigenvalue weighted by atomic mass is 19.3. The van der Waals surface area contributed by atoms with E-state index in [1.54, 1.807) is 12.1 Å². The van der Waals surface area contributed by atoms with E-state index in [2.05, 4.69) is 15.4 Å². The molecule has 1 fully saturated rings. The third kappa shape index (κ3) is 4.42. The molecule has 0 spiro atoms. The molecule has 0 radical (unpaired) electrons. The van der Waals surface area contributed by atoms with E-state index in [9.17, 15) is 8.78 Å². The SMILES string of the molecule is CC(NCC1CCNCC1)c1ccccc1OC(F)F. The zero-order valence-corrected chi connectivity index (χ0v) is 11.7. The minimum Gasteiger partial charge on any atom is -0.434 e. The highest BCUT2D eigenvalue weighted by molar-refractivity contribution is 5.35. The highest BCUT2D eigenvalue weighted by Gasteiger charge is 2.17. The average molecular weight is 284 g/mol. The van der Waals surface area contributed by atoms with Crippen LogP contribution in [-0.4, -0.2) is 26.2 Å². The van der Waals surface area contributed by atoms with E-state index in [0.717, 1.165) is 38.0 Å². The summed E-state index contributed by atoms with van der Waals surface area (Å²) in [6.07, 6.45) is 2.32. The smallest absolute Gasteiger partial charge is 0.387 e. The molecule has 2 N–H and O–H groups in total. The van der Waals surface area contributed by atoms with Crippen molar-refractivity contribution in [1.82, 2.24) is 10.6 Å². The summed E-state index contributed by atoms with van der Waals surface area (Å²) in [7, 11) is 0. The molecule has 3 nitrogen and oxygen atoms in total. The Hall–Kier alpha value is -1.20. The summed E-state index contributed by atoms with van der Waals surface area (Å²) in [6, 6.07) is 6.97. The number of hydrogen-bond acceptors (Lipinski definition) is 3. The number of rotatable bonds is 6. The Morgan fingerprint density at radius 1 is 1.30 bits per heavy atom. The number of ether oxygens (including phenoxy) is 1. The second-order valence-electron chi connectivity index (χ2n) is 5.24. The molecule has 1 atom stereocenters. The largest absolute Gasteiger partial charge is 0.434 e. The number of benzene rings is 1. The van der Waals surface area contributed by atoms with E-state index in [4.69, 9.17) is 0 Å². The van der Waals surface area contributed by atoms with Gasteiger partial charge in [-0.2, -0.15) is 8.78 Å². The van der Waals surface area contributed by atoms with Gasteiger partial charge >= 0.3 is 6.61 Å². The lowest BCUT2D eigenvalue weighted by atomic mass is 9.97. The molecule has 1 aliphatic rings. The number of para-hydroxylation sites is 1. The molecule has 1 aromatic rings. The first kappa shape index (κ1) is 15.2. The van der Waals surface area contributed by atoms with Gasteiger partial charge in [0.15, 0.2) is 0 Å². The Bertz CT molecular complexity index is 409. The van der Waals surface area contributed by atoms with E-state index in [1.165, 1.54) is 0 Å². The molecule has 1 saturated heterocycles. The summed E-state index contributed by atoms with van der Waals surface area (Å²) in [5, 5.41) is 6.76. The van der Waals surface area contributed by atoms with Gasteiger partial charge in [-0.25, -0.2) is 0 Å². The Morgan fingerprint density at radius 2 is 2.00 bits per heavy atom. The highest BCUT2D eigenvalue weighted by Crippen LogP contribution is 2.26. The predicted molar refractivity (Wildman–Crippen MR) is 75.1 cm³/mol. The van der Waals surface area contributed by atoms with Crippen LogP contribution in [0.5, 0.6) is 5.75 Å². The van der Waals surface area contributed by atoms with Gasteiger partial charge in [0.25, 0.3) is 0 Å². The Balaban J connectivity index is 1.92. The van der Waals surface area contributed by atoms with E-state index in [1.807, 2.05) is 19.1 Å². The summed E-state index contributed by atoms with van der Waals surface area (Å²) in [5.74, 6) is 0.912. The van der Waals surface area contributed by atoms with Crippen molar-refractivity contribution in [2.24, 2.45) is 5.92 Å². The van der Waals surface area contributed by atoms with Crippen molar-refractivity contribution < 1.29 is 13.5 Å². The fraction of sp³-hybridized carbons (Fsp3) is 0.600. The number of halogens is 2. The van der Waals surface area contributed by atoms with Crippen molar-refractivity contribution in [2.75, 3.05) is 19.6 Å². The lowest BCUT2D eigenvalue weighted by Crippen LogP contribution is -2.34. The first-order valence-electron chi connectivity index (χ1n) is 7.14. The van der Waals surface area contributed by atoms with E-state index < -0.39 is 6.61 Å². The van der Waals surface area contributed by atoms with Gasteiger partial charge in [-0.15, -0.1) is 0 Å². The van der Waals surface area contributed by atoms with Gasteiger partial charge in [-0.05, 0) is 51.4 Å². The van der Waals surface area contributed by atoms with Crippen molar-refractivity contribution in [3.63, 3.8) is 0 Å². The van der Waals surface area contributed by atoms with Crippen LogP contribution in [-0.2, 0) is 0 Å². The Kier molecular flexibility index (Phi) is 5.73. The van der Waals surface area contributed by atoms with E-state index in [0.29, 0.717) is 5.92 Å². The summed E-state index contributed by atoms with van der Waals surface area (Å²) in [5.41, 5.74) is 0.779. The van der Waals surface area contributed by atoms with Crippen LogP contribution in [0.15, 0.2) is 24.3 Å². The molecule has 1 aromatic carbocycles. The molecular formula is C15H22F2N2O. The molecule has 1 heterocycles. The standard InChI is InChI=1S/C15H22F2N2O/c1-11(19-10-12-6-8-18-9-7-12)13-4-2-3-5-14(13)20-15(16)17/h2-5,11-12,15,18-19H,6-10H2,1H3. The van der Waals surface area contributed by atoms with Crippen LogP contribution >= 0.6 is 0 Å². The summed E-state index contributed by atoms with van der Waals surface area (Å²) in [6.45, 7) is 2.23. The topological polar surface area (TPSA) is 33.3 Å². The normalized spacial score (nSPS) is 18.2. The minimum atomic E-state index is -2.78. The molecule has 0 bridgehead atoms. The maximum Gasteiger partial charge on any atom is 0.387 e. The second kappa shape index (κ2) is 7.55. The van der Waals surface area contributed by atoms with Gasteiger partial charge in [0.2, 0.25) is 0 Å². The van der Waals surface area contributed by atoms with Crippen molar-refractivity contribution >= 4 is 0 Å². The van der Waals surface area contributed by atoms with Crippen molar-refractivity contribution in [3.05, 3.63) is 29.8 Å². The minimum absolute atomic E-state index is 0.000152. The van der Waals surface area contributed by atoms with Gasteiger partial charge in [0, 0.05) is 11.6 Å². The molecule has 112 valence electrons. The van der Waals surface area contributed by atoms with Gasteiger partial charge in [-0.1, -0.05) is 18.2 Å². The number of hydrogen-bond donors (Lipinski definition) is 2. The molecule has 2 rings (SSSR count). The lowest BCUT2D eigenvalue weighted by molar-refractivity contribution is -0.0506. The summed E-state index contributed by atoms with van der Waals surface area (Å²) in [4.78, 5) is 0. The van der Waals surface area contributed by atoms with Crippen molar-refractivity contribution in [2.45, 2.75) is 32.4 Å². The first-order chi connectivity index (χ1) is 9.66. The maximum atomic E-state index is 12.4. The van der Waals surface area contributed by atoms with Crippen LogP contribution in [0.2, 0.25) is 0 Å². The molecule has 0 aliphatic carbocycles. The molecule has 0 saturated carbocycles. The van der Waals surface area contributed by atoms with Crippen LogP contribution < -0.4 is 15.4 Å². The molecule has 1 unspecified atom stereocenters. The quantitative estimate of drug-likeness (QED) is 0.842. The molecule has 1 aliphatic heterocycles. The maximum absolute atomic E-state index is 12.4. The van der Waals surface area contributed by atoms with Crippen molar-refractivity contribution in [1.29, 1.82) is 0 Å². The van der Waals surface area contributed by atoms with Gasteiger partial charge in [0.05, 0.1) is 0 Å². The van der Waals surface area contributed by atoms with Crippen LogP contribution in [0.4, 0.5) is 8.78 Å². The van der Waals surface area contributed by atoms with Crippen LogP contribution in [0.3, 0.4) is 0 Å². The molecule has 5 heteroatoms. The lowest BCUT2D eigenvalue weighted by Gasteiger charge is -2.25. The zero-order chi connectivity index (χ0) is 14.4. The third-order valence-corrected chi connectivity index (χ3v) is 3.77. The van der Waals surface area contributed by atoms with Gasteiger partial charge < -0.3 is 15.4 Å². The van der Waals surface area contributed by atoms with Gasteiger partial charge in [-0.3, -0.25) is 0 Å². The Labute approximate surface area is 118 Å². The summed E-state index contributed by atoms with van der Waals surface area (Å²) >= 11 is 0. The van der Waals surface area contributed by atoms with Gasteiger partial charge in [0.1, 0.15) is 5.75 Å². The number of nitrogens with one attached hydrogen (secondary N) is 2.